The number of rotatable bonds is 10. The van der Waals surface area contributed by atoms with Gasteiger partial charge in [-0.2, -0.15) is 0 Å². The van der Waals surface area contributed by atoms with Crippen LogP contribution in [0.2, 0.25) is 0 Å². The van der Waals surface area contributed by atoms with Crippen molar-refractivity contribution in [1.29, 1.82) is 0 Å². The molecule has 0 amide bonds. The van der Waals surface area contributed by atoms with E-state index in [1.807, 2.05) is 13.8 Å². The summed E-state index contributed by atoms with van der Waals surface area (Å²) in [4.78, 5) is 39.8. The predicted octanol–water partition coefficient (Wildman–Crippen LogP) is 3.94. The first-order valence-corrected chi connectivity index (χ1v) is 20.7. The standard InChI is InChI=1S/C42H64O14/c1-11-20(2)37(47)54-34-35-39(7)15-13-26(53-29-19-28(48-9)32(23(5)50-29)55-38-31(46)33(49-10)30(45)22(4)51-38)18-25(39)12-16-41(35)42(56-41)17-14-27(21(3)43)40(42,8)36(34)52-24(6)44/h11,22-23,25-36,38,45-46H,12-19H2,1-10H3/b20-11+/t22-,23-,25+,26+,27+,28-,29+,30-,31-,32-,33-,34+,35-,36-,38+,39+,40+,41+,42-/m1/s1. The van der Waals surface area contributed by atoms with Crippen LogP contribution in [0.5, 0.6) is 0 Å². The maximum Gasteiger partial charge on any atom is 0.333 e. The molecule has 19 atom stereocenters. The summed E-state index contributed by atoms with van der Waals surface area (Å²) in [6.45, 7) is 14.4. The van der Waals surface area contributed by atoms with E-state index in [0.717, 1.165) is 32.1 Å². The number of aliphatic hydroxyl groups is 2. The zero-order valence-electron chi connectivity index (χ0n) is 34.7. The molecule has 0 aromatic rings. The van der Waals surface area contributed by atoms with Crippen molar-refractivity contribution in [2.45, 2.75) is 192 Å². The largest absolute Gasteiger partial charge is 0.458 e. The Hall–Kier alpha value is -2.01. The highest BCUT2D eigenvalue weighted by Crippen LogP contribution is 2.81. The maximum absolute atomic E-state index is 13.7. The molecule has 4 saturated carbocycles. The van der Waals surface area contributed by atoms with Crippen molar-refractivity contribution in [1.82, 2.24) is 0 Å². The Morgan fingerprint density at radius 3 is 2.18 bits per heavy atom. The van der Waals surface area contributed by atoms with Gasteiger partial charge in [0.25, 0.3) is 0 Å². The number of methoxy groups -OCH3 is 2. The van der Waals surface area contributed by atoms with Crippen LogP contribution in [0.1, 0.15) is 107 Å². The second-order valence-corrected chi connectivity index (χ2v) is 18.2. The van der Waals surface area contributed by atoms with E-state index in [-0.39, 0.29) is 29.1 Å². The highest BCUT2D eigenvalue weighted by molar-refractivity contribution is 5.88. The molecule has 4 aliphatic carbocycles. The van der Waals surface area contributed by atoms with Crippen LogP contribution in [0.3, 0.4) is 0 Å². The van der Waals surface area contributed by atoms with Crippen molar-refractivity contribution in [3.8, 4) is 0 Å². The third kappa shape index (κ3) is 6.34. The Balaban J connectivity index is 1.10. The first kappa shape index (κ1) is 42.1. The van der Waals surface area contributed by atoms with Crippen LogP contribution in [0.25, 0.3) is 0 Å². The lowest BCUT2D eigenvalue weighted by Crippen LogP contribution is -2.70. The number of hydrogen-bond acceptors (Lipinski definition) is 14. The molecule has 0 bridgehead atoms. The minimum atomic E-state index is -1.21. The van der Waals surface area contributed by atoms with Gasteiger partial charge >= 0.3 is 11.9 Å². The van der Waals surface area contributed by atoms with Crippen LogP contribution in [-0.4, -0.2) is 127 Å². The SMILES string of the molecule is C/C=C(\C)C(=O)O[C@@H]1[C@@H](OC(C)=O)[C@]2(C)[C@H](C(C)=O)CC[C@@]23O[C@]32CC[C@H]3C[C@@H](O[C@H]4C[C@@H](OC)[C@H](O[C@@H]5O[C@H](C)[C@@H](O)[C@@H](OC)[C@H]5O)[C@@H](C)O4)CC[C@]3(C)[C@@H]12. The molecule has 7 fully saturated rings. The Morgan fingerprint density at radius 2 is 1.54 bits per heavy atom. The molecule has 3 heterocycles. The average molecular weight is 793 g/mol. The monoisotopic (exact) mass is 792 g/mol. The van der Waals surface area contributed by atoms with E-state index in [2.05, 4.69) is 6.92 Å². The fraction of sp³-hybridized carbons (Fsp3) is 0.881. The van der Waals surface area contributed by atoms with Crippen LogP contribution < -0.4 is 0 Å². The lowest BCUT2D eigenvalue weighted by molar-refractivity contribution is -0.343. The van der Waals surface area contributed by atoms with E-state index in [1.165, 1.54) is 14.0 Å². The summed E-state index contributed by atoms with van der Waals surface area (Å²) in [5, 5.41) is 21.3. The van der Waals surface area contributed by atoms with Gasteiger partial charge in [-0.1, -0.05) is 19.9 Å². The second-order valence-electron chi connectivity index (χ2n) is 18.2. The number of hydrogen-bond donors (Lipinski definition) is 2. The van der Waals surface area contributed by atoms with E-state index in [4.69, 9.17) is 42.6 Å². The molecular weight excluding hydrogens is 728 g/mol. The van der Waals surface area contributed by atoms with Crippen LogP contribution >= 0.6 is 0 Å². The number of ether oxygens (including phenoxy) is 9. The van der Waals surface area contributed by atoms with E-state index < -0.39 is 102 Å². The molecule has 3 saturated heterocycles. The van der Waals surface area contributed by atoms with Gasteiger partial charge in [0.15, 0.2) is 12.6 Å². The van der Waals surface area contributed by atoms with Gasteiger partial charge in [-0.3, -0.25) is 9.59 Å². The number of esters is 2. The molecule has 56 heavy (non-hydrogen) atoms. The zero-order chi connectivity index (χ0) is 40.7. The van der Waals surface area contributed by atoms with Gasteiger partial charge in [0.05, 0.1) is 24.4 Å². The van der Waals surface area contributed by atoms with Gasteiger partial charge in [-0.05, 0) is 90.9 Å². The van der Waals surface area contributed by atoms with E-state index in [0.29, 0.717) is 24.8 Å². The minimum Gasteiger partial charge on any atom is -0.458 e. The van der Waals surface area contributed by atoms with Gasteiger partial charge in [-0.15, -0.1) is 0 Å². The molecule has 0 radical (unpaired) electrons. The molecule has 3 aliphatic heterocycles. The number of fused-ring (bicyclic) bond motifs is 2. The van der Waals surface area contributed by atoms with Crippen LogP contribution in [0.4, 0.5) is 0 Å². The topological polar surface area (TPSA) is 178 Å². The van der Waals surface area contributed by atoms with E-state index in [9.17, 15) is 24.6 Å². The van der Waals surface area contributed by atoms with Crippen molar-refractivity contribution in [2.75, 3.05) is 14.2 Å². The maximum atomic E-state index is 13.7. The van der Waals surface area contributed by atoms with Crippen molar-refractivity contribution in [3.63, 3.8) is 0 Å². The number of carbonyl (C=O) groups excluding carboxylic acids is 3. The van der Waals surface area contributed by atoms with Crippen molar-refractivity contribution >= 4 is 17.7 Å². The predicted molar refractivity (Wildman–Crippen MR) is 198 cm³/mol. The molecular formula is C42H64O14. The first-order chi connectivity index (χ1) is 26.4. The van der Waals surface area contributed by atoms with Gasteiger partial charge in [-0.25, -0.2) is 4.79 Å². The molecule has 0 aromatic carbocycles. The van der Waals surface area contributed by atoms with E-state index in [1.54, 1.807) is 40.9 Å². The highest BCUT2D eigenvalue weighted by Gasteiger charge is 2.91. The van der Waals surface area contributed by atoms with Crippen molar-refractivity contribution in [3.05, 3.63) is 11.6 Å². The third-order valence-corrected chi connectivity index (χ3v) is 15.6. The lowest BCUT2D eigenvalue weighted by Gasteiger charge is -2.61. The summed E-state index contributed by atoms with van der Waals surface area (Å²) in [5.74, 6) is -1.41. The molecule has 7 rings (SSSR count). The number of allylic oxidation sites excluding steroid dienone is 1. The average Bonchev–Trinajstić information content (AvgIpc) is 3.70. The summed E-state index contributed by atoms with van der Waals surface area (Å²) >= 11 is 0. The lowest BCUT2D eigenvalue weighted by atomic mass is 9.43. The smallest absolute Gasteiger partial charge is 0.333 e. The van der Waals surface area contributed by atoms with Gasteiger partial charge < -0.3 is 52.8 Å². The van der Waals surface area contributed by atoms with Crippen LogP contribution in [-0.2, 0) is 57.0 Å². The molecule has 2 spiro atoms. The molecule has 14 nitrogen and oxygen atoms in total. The molecule has 2 N–H and O–H groups in total. The molecule has 316 valence electrons. The molecule has 14 heteroatoms. The fourth-order valence-corrected chi connectivity index (χ4v) is 12.6. The summed E-state index contributed by atoms with van der Waals surface area (Å²) in [5.41, 5.74) is -2.04. The summed E-state index contributed by atoms with van der Waals surface area (Å²) in [6, 6.07) is 0. The number of aliphatic hydroxyl groups excluding tert-OH is 2. The molecule has 0 unspecified atom stereocenters. The second kappa shape index (κ2) is 15.2. The quantitative estimate of drug-likeness (QED) is 0.141. The van der Waals surface area contributed by atoms with Crippen molar-refractivity contribution < 1.29 is 67.2 Å². The normalized spacial score (nSPS) is 51.1. The summed E-state index contributed by atoms with van der Waals surface area (Å²) in [7, 11) is 3.04. The third-order valence-electron chi connectivity index (χ3n) is 15.6. The highest BCUT2D eigenvalue weighted by atomic mass is 16.7. The number of ketones is 1. The van der Waals surface area contributed by atoms with Gasteiger partial charge in [0, 0.05) is 50.4 Å². The van der Waals surface area contributed by atoms with E-state index >= 15 is 0 Å². The van der Waals surface area contributed by atoms with Gasteiger partial charge in [0.1, 0.15) is 53.6 Å². The number of Topliss-reactive ketones (excluding diaryl/α,β-unsaturated/α-hetero) is 1. The zero-order valence-corrected chi connectivity index (χ0v) is 34.7. The van der Waals surface area contributed by atoms with Crippen LogP contribution in [0.15, 0.2) is 11.6 Å². The summed E-state index contributed by atoms with van der Waals surface area (Å²) in [6.07, 6.45) is -1.32. The first-order valence-electron chi connectivity index (χ1n) is 20.7. The Bertz CT molecular complexity index is 1550. The van der Waals surface area contributed by atoms with Crippen molar-refractivity contribution in [2.24, 2.45) is 28.6 Å². The Kier molecular flexibility index (Phi) is 11.5. The summed E-state index contributed by atoms with van der Waals surface area (Å²) < 4.78 is 56.4. The minimum absolute atomic E-state index is 0.0276. The molecule has 7 aliphatic rings. The van der Waals surface area contributed by atoms with Gasteiger partial charge in [0.2, 0.25) is 0 Å². The Labute approximate surface area is 330 Å². The Morgan fingerprint density at radius 1 is 0.804 bits per heavy atom. The fourth-order valence-electron chi connectivity index (χ4n) is 12.6. The number of epoxide rings is 1. The molecule has 0 aromatic heterocycles. The number of carbonyl (C=O) groups is 3. The van der Waals surface area contributed by atoms with Crippen LogP contribution in [0, 0.1) is 28.6 Å².